The largest absolute Gasteiger partial charge is 0.465 e. The normalized spacial score (nSPS) is 29.0. The van der Waals surface area contributed by atoms with Crippen molar-refractivity contribution in [3.05, 3.63) is 0 Å². The first-order valence-corrected chi connectivity index (χ1v) is 8.76. The van der Waals surface area contributed by atoms with Crippen LogP contribution >= 0.6 is 0 Å². The van der Waals surface area contributed by atoms with Gasteiger partial charge < -0.3 is 15.0 Å². The van der Waals surface area contributed by atoms with Crippen LogP contribution in [0.3, 0.4) is 0 Å². The zero-order valence-corrected chi connectivity index (χ0v) is 14.0. The van der Waals surface area contributed by atoms with Crippen molar-refractivity contribution < 1.29 is 9.53 Å². The molecule has 2 saturated carbocycles. The van der Waals surface area contributed by atoms with Gasteiger partial charge in [-0.3, -0.25) is 4.79 Å². The van der Waals surface area contributed by atoms with E-state index in [4.69, 9.17) is 4.74 Å². The zero-order valence-electron chi connectivity index (χ0n) is 14.0. The second-order valence-electron chi connectivity index (χ2n) is 6.71. The molecule has 2 unspecified atom stereocenters. The maximum Gasteiger partial charge on any atom is 0.326 e. The van der Waals surface area contributed by atoms with Crippen molar-refractivity contribution in [1.29, 1.82) is 0 Å². The maximum absolute atomic E-state index is 12.6. The topological polar surface area (TPSA) is 41.6 Å². The number of nitrogens with zero attached hydrogens (tertiary/aromatic N) is 1. The Balaban J connectivity index is 1.98. The van der Waals surface area contributed by atoms with Crippen LogP contribution in [0.25, 0.3) is 0 Å². The standard InChI is InChI=1S/C17H32N2O2/c1-4-12-18-17(16(20)21-5-2)11-6-7-14(17)10-13-19(3)15-8-9-15/h14-15,18H,4-13H2,1-3H3. The lowest BCUT2D eigenvalue weighted by molar-refractivity contribution is -0.153. The fraction of sp³-hybridized carbons (Fsp3) is 0.941. The zero-order chi connectivity index (χ0) is 15.3. The SMILES string of the molecule is CCCNC1(C(=O)OCC)CCCC1CCN(C)C1CC1. The average molecular weight is 296 g/mol. The molecule has 4 heteroatoms. The molecule has 4 nitrogen and oxygen atoms in total. The van der Waals surface area contributed by atoms with Crippen LogP contribution in [-0.2, 0) is 9.53 Å². The molecular weight excluding hydrogens is 264 g/mol. The summed E-state index contributed by atoms with van der Waals surface area (Å²) in [5.74, 6) is 0.402. The number of ether oxygens (including phenoxy) is 1. The van der Waals surface area contributed by atoms with Crippen molar-refractivity contribution >= 4 is 5.97 Å². The van der Waals surface area contributed by atoms with Crippen LogP contribution in [-0.4, -0.2) is 49.2 Å². The molecule has 2 rings (SSSR count). The maximum atomic E-state index is 12.6. The first kappa shape index (κ1) is 16.8. The lowest BCUT2D eigenvalue weighted by Gasteiger charge is -2.35. The second-order valence-corrected chi connectivity index (χ2v) is 6.71. The van der Waals surface area contributed by atoms with E-state index in [0.29, 0.717) is 12.5 Å². The first-order valence-electron chi connectivity index (χ1n) is 8.76. The fourth-order valence-electron chi connectivity index (χ4n) is 3.71. The van der Waals surface area contributed by atoms with Crippen molar-refractivity contribution in [3.63, 3.8) is 0 Å². The van der Waals surface area contributed by atoms with E-state index in [1.807, 2.05) is 6.92 Å². The molecule has 0 aliphatic heterocycles. The molecule has 1 N–H and O–H groups in total. The molecule has 122 valence electrons. The van der Waals surface area contributed by atoms with E-state index in [1.54, 1.807) is 0 Å². The lowest BCUT2D eigenvalue weighted by atomic mass is 9.84. The Morgan fingerprint density at radius 2 is 2.10 bits per heavy atom. The number of hydrogen-bond acceptors (Lipinski definition) is 4. The third-order valence-electron chi connectivity index (χ3n) is 5.15. The number of nitrogens with one attached hydrogen (secondary N) is 1. The number of carbonyl (C=O) groups is 1. The van der Waals surface area contributed by atoms with Crippen LogP contribution < -0.4 is 5.32 Å². The van der Waals surface area contributed by atoms with Crippen molar-refractivity contribution in [3.8, 4) is 0 Å². The monoisotopic (exact) mass is 296 g/mol. The molecule has 0 saturated heterocycles. The van der Waals surface area contributed by atoms with Crippen LogP contribution in [0, 0.1) is 5.92 Å². The molecule has 0 bridgehead atoms. The summed E-state index contributed by atoms with van der Waals surface area (Å²) in [4.78, 5) is 15.0. The molecule has 2 fully saturated rings. The molecule has 0 aromatic rings. The van der Waals surface area contributed by atoms with Crippen LogP contribution in [0.2, 0.25) is 0 Å². The Hall–Kier alpha value is -0.610. The molecule has 2 atom stereocenters. The molecule has 2 aliphatic carbocycles. The molecule has 0 radical (unpaired) electrons. The summed E-state index contributed by atoms with van der Waals surface area (Å²) in [6, 6.07) is 0.798. The van der Waals surface area contributed by atoms with E-state index in [0.717, 1.165) is 51.2 Å². The van der Waals surface area contributed by atoms with Gasteiger partial charge in [0.2, 0.25) is 0 Å². The third-order valence-corrected chi connectivity index (χ3v) is 5.15. The van der Waals surface area contributed by atoms with Crippen LogP contribution in [0.4, 0.5) is 0 Å². The van der Waals surface area contributed by atoms with Gasteiger partial charge in [0.15, 0.2) is 0 Å². The molecular formula is C17H32N2O2. The van der Waals surface area contributed by atoms with Gasteiger partial charge >= 0.3 is 5.97 Å². The summed E-state index contributed by atoms with van der Waals surface area (Å²) in [5.41, 5.74) is -0.420. The van der Waals surface area contributed by atoms with Gasteiger partial charge in [-0.05, 0) is 71.5 Å². The number of rotatable bonds is 9. The van der Waals surface area contributed by atoms with Crippen LogP contribution in [0.1, 0.15) is 58.8 Å². The molecule has 0 aromatic heterocycles. The van der Waals surface area contributed by atoms with Gasteiger partial charge in [-0.1, -0.05) is 13.3 Å². The summed E-state index contributed by atoms with van der Waals surface area (Å²) in [7, 11) is 2.22. The Morgan fingerprint density at radius 3 is 2.71 bits per heavy atom. The Bertz CT molecular complexity index is 344. The first-order chi connectivity index (χ1) is 10.1. The Morgan fingerprint density at radius 1 is 1.33 bits per heavy atom. The predicted molar refractivity (Wildman–Crippen MR) is 85.3 cm³/mol. The van der Waals surface area contributed by atoms with Crippen molar-refractivity contribution in [2.45, 2.75) is 70.4 Å². The quantitative estimate of drug-likeness (QED) is 0.664. The van der Waals surface area contributed by atoms with Crippen LogP contribution in [0.5, 0.6) is 0 Å². The summed E-state index contributed by atoms with van der Waals surface area (Å²) in [6.45, 7) is 6.52. The highest BCUT2D eigenvalue weighted by Crippen LogP contribution is 2.39. The van der Waals surface area contributed by atoms with E-state index < -0.39 is 5.54 Å². The summed E-state index contributed by atoms with van der Waals surface area (Å²) in [6.07, 6.45) is 8.06. The minimum Gasteiger partial charge on any atom is -0.465 e. The molecule has 0 spiro atoms. The Kier molecular flexibility index (Phi) is 6.06. The molecule has 21 heavy (non-hydrogen) atoms. The van der Waals surface area contributed by atoms with Crippen LogP contribution in [0.15, 0.2) is 0 Å². The second kappa shape index (κ2) is 7.59. The molecule has 0 heterocycles. The van der Waals surface area contributed by atoms with Gasteiger partial charge in [0.25, 0.3) is 0 Å². The number of carbonyl (C=O) groups excluding carboxylic acids is 1. The van der Waals surface area contributed by atoms with Gasteiger partial charge in [-0.2, -0.15) is 0 Å². The van der Waals surface area contributed by atoms with E-state index in [-0.39, 0.29) is 5.97 Å². The third kappa shape index (κ3) is 3.98. The highest BCUT2D eigenvalue weighted by Gasteiger charge is 2.49. The minimum absolute atomic E-state index is 0.0185. The highest BCUT2D eigenvalue weighted by molar-refractivity contribution is 5.81. The van der Waals surface area contributed by atoms with E-state index in [9.17, 15) is 4.79 Å². The van der Waals surface area contributed by atoms with Gasteiger partial charge in [0.05, 0.1) is 6.61 Å². The number of hydrogen-bond donors (Lipinski definition) is 1. The summed E-state index contributed by atoms with van der Waals surface area (Å²) in [5, 5.41) is 3.55. The lowest BCUT2D eigenvalue weighted by Crippen LogP contribution is -2.56. The van der Waals surface area contributed by atoms with Gasteiger partial charge in [0.1, 0.15) is 5.54 Å². The van der Waals surface area contributed by atoms with Crippen molar-refractivity contribution in [1.82, 2.24) is 10.2 Å². The van der Waals surface area contributed by atoms with Crippen molar-refractivity contribution in [2.24, 2.45) is 5.92 Å². The minimum atomic E-state index is -0.420. The molecule has 0 amide bonds. The summed E-state index contributed by atoms with van der Waals surface area (Å²) >= 11 is 0. The van der Waals surface area contributed by atoms with E-state index in [2.05, 4.69) is 24.2 Å². The predicted octanol–water partition coefficient (Wildman–Crippen LogP) is 2.57. The molecule has 2 aliphatic rings. The van der Waals surface area contributed by atoms with Gasteiger partial charge in [-0.15, -0.1) is 0 Å². The average Bonchev–Trinajstić information content (AvgIpc) is 3.24. The molecule has 0 aromatic carbocycles. The summed E-state index contributed by atoms with van der Waals surface area (Å²) < 4.78 is 5.41. The smallest absolute Gasteiger partial charge is 0.326 e. The van der Waals surface area contributed by atoms with E-state index in [1.165, 1.54) is 12.8 Å². The fourth-order valence-corrected chi connectivity index (χ4v) is 3.71. The number of esters is 1. The van der Waals surface area contributed by atoms with Gasteiger partial charge in [0, 0.05) is 6.04 Å². The Labute approximate surface area is 129 Å². The van der Waals surface area contributed by atoms with E-state index >= 15 is 0 Å². The van der Waals surface area contributed by atoms with Crippen molar-refractivity contribution in [2.75, 3.05) is 26.7 Å². The van der Waals surface area contributed by atoms with Gasteiger partial charge in [-0.25, -0.2) is 0 Å². The highest BCUT2D eigenvalue weighted by atomic mass is 16.5.